The topological polar surface area (TPSA) is 94.9 Å². The third kappa shape index (κ3) is 3.83. The number of benzene rings is 1. The van der Waals surface area contributed by atoms with Gasteiger partial charge in [-0.3, -0.25) is 0 Å². The molecule has 2 aromatic rings. The van der Waals surface area contributed by atoms with Crippen molar-refractivity contribution in [3.8, 4) is 0 Å². The molecular formula is C19H22N2O4S. The number of rotatable bonds is 5. The molecule has 1 amide bonds. The lowest BCUT2D eigenvalue weighted by molar-refractivity contribution is 0.0652. The maximum atomic E-state index is 13.4. The Balaban J connectivity index is 1.99. The Morgan fingerprint density at radius 3 is 2.73 bits per heavy atom. The molecule has 2 N–H and O–H groups in total. The van der Waals surface area contributed by atoms with E-state index in [1.165, 1.54) is 6.26 Å². The molecule has 1 saturated carbocycles. The highest BCUT2D eigenvalue weighted by atomic mass is 32.2. The molecule has 0 aliphatic heterocycles. The van der Waals surface area contributed by atoms with Crippen LogP contribution < -0.4 is 5.73 Å². The SMILES string of the molecule is CN=S(=O)(/C=C1\CCC[C@H]1[C@@H](OC(N)=O)c1ccco1)c1ccccc1. The van der Waals surface area contributed by atoms with Gasteiger partial charge >= 0.3 is 6.09 Å². The Hall–Kier alpha value is -2.54. The first-order valence-corrected chi connectivity index (χ1v) is 10.0. The smallest absolute Gasteiger partial charge is 0.405 e. The van der Waals surface area contributed by atoms with Crippen LogP contribution in [0.3, 0.4) is 0 Å². The van der Waals surface area contributed by atoms with Gasteiger partial charge in [-0.1, -0.05) is 23.8 Å². The summed E-state index contributed by atoms with van der Waals surface area (Å²) in [7, 11) is -1.14. The molecule has 26 heavy (non-hydrogen) atoms. The molecular weight excluding hydrogens is 352 g/mol. The zero-order chi connectivity index (χ0) is 18.6. The maximum absolute atomic E-state index is 13.4. The largest absolute Gasteiger partial charge is 0.465 e. The minimum Gasteiger partial charge on any atom is -0.465 e. The molecule has 1 aliphatic rings. The normalized spacial score (nSPS) is 21.9. The number of furan rings is 1. The molecule has 1 heterocycles. The van der Waals surface area contributed by atoms with E-state index in [0.29, 0.717) is 10.7 Å². The lowest BCUT2D eigenvalue weighted by Gasteiger charge is -2.22. The van der Waals surface area contributed by atoms with Gasteiger partial charge in [0.1, 0.15) is 5.76 Å². The molecule has 1 aromatic carbocycles. The molecule has 1 aliphatic carbocycles. The number of carbonyl (C=O) groups is 1. The summed E-state index contributed by atoms with van der Waals surface area (Å²) in [6.45, 7) is 0. The van der Waals surface area contributed by atoms with Gasteiger partial charge in [-0.15, -0.1) is 0 Å². The van der Waals surface area contributed by atoms with Crippen LogP contribution in [0.25, 0.3) is 0 Å². The number of ether oxygens (including phenoxy) is 1. The van der Waals surface area contributed by atoms with Gasteiger partial charge in [0.25, 0.3) is 0 Å². The second-order valence-electron chi connectivity index (χ2n) is 6.13. The van der Waals surface area contributed by atoms with Gasteiger partial charge in [0.2, 0.25) is 0 Å². The Labute approximate surface area is 153 Å². The van der Waals surface area contributed by atoms with Crippen molar-refractivity contribution in [1.82, 2.24) is 0 Å². The van der Waals surface area contributed by atoms with E-state index in [4.69, 9.17) is 14.9 Å². The molecule has 0 bridgehead atoms. The Morgan fingerprint density at radius 1 is 1.35 bits per heavy atom. The van der Waals surface area contributed by atoms with Gasteiger partial charge in [-0.25, -0.2) is 13.4 Å². The lowest BCUT2D eigenvalue weighted by Crippen LogP contribution is -2.22. The number of hydrogen-bond donors (Lipinski definition) is 1. The van der Waals surface area contributed by atoms with Gasteiger partial charge in [-0.05, 0) is 43.5 Å². The van der Waals surface area contributed by atoms with Crippen molar-refractivity contribution in [3.05, 3.63) is 65.5 Å². The molecule has 1 unspecified atom stereocenters. The number of amides is 1. The fourth-order valence-corrected chi connectivity index (χ4v) is 5.06. The van der Waals surface area contributed by atoms with Crippen LogP contribution in [0.4, 0.5) is 4.79 Å². The van der Waals surface area contributed by atoms with Gasteiger partial charge in [0.05, 0.1) is 20.9 Å². The van der Waals surface area contributed by atoms with Gasteiger partial charge in [-0.2, -0.15) is 0 Å². The fraction of sp³-hybridized carbons (Fsp3) is 0.316. The predicted octanol–water partition coefficient (Wildman–Crippen LogP) is 4.26. The summed E-state index contributed by atoms with van der Waals surface area (Å²) in [6, 6.07) is 12.7. The first-order chi connectivity index (χ1) is 12.5. The Kier molecular flexibility index (Phi) is 5.46. The fourth-order valence-electron chi connectivity index (χ4n) is 3.35. The first-order valence-electron chi connectivity index (χ1n) is 8.44. The summed E-state index contributed by atoms with van der Waals surface area (Å²) >= 11 is 0. The number of nitrogens with two attached hydrogens (primary N) is 1. The number of primary amides is 1. The lowest BCUT2D eigenvalue weighted by atomic mass is 9.95. The molecule has 3 atom stereocenters. The van der Waals surface area contributed by atoms with Crippen LogP contribution in [-0.2, 0) is 14.5 Å². The van der Waals surface area contributed by atoms with Gasteiger partial charge in [0.15, 0.2) is 6.10 Å². The molecule has 1 fully saturated rings. The summed E-state index contributed by atoms with van der Waals surface area (Å²) in [6.07, 6.45) is 2.50. The van der Waals surface area contributed by atoms with Crippen LogP contribution in [-0.4, -0.2) is 17.3 Å². The van der Waals surface area contributed by atoms with Crippen LogP contribution in [0.15, 0.2) is 73.4 Å². The van der Waals surface area contributed by atoms with Crippen molar-refractivity contribution in [2.24, 2.45) is 16.0 Å². The predicted molar refractivity (Wildman–Crippen MR) is 98.7 cm³/mol. The second kappa shape index (κ2) is 7.78. The van der Waals surface area contributed by atoms with Crippen LogP contribution in [0.1, 0.15) is 31.1 Å². The van der Waals surface area contributed by atoms with E-state index < -0.39 is 21.9 Å². The van der Waals surface area contributed by atoms with Crippen molar-refractivity contribution < 1.29 is 18.2 Å². The monoisotopic (exact) mass is 374 g/mol. The number of carbonyl (C=O) groups excluding carboxylic acids is 1. The Morgan fingerprint density at radius 2 is 2.12 bits per heavy atom. The van der Waals surface area contributed by atoms with Gasteiger partial charge in [0, 0.05) is 18.4 Å². The third-order valence-corrected chi connectivity index (χ3v) is 6.66. The average Bonchev–Trinajstić information content (AvgIpc) is 3.32. The second-order valence-corrected chi connectivity index (χ2v) is 8.34. The van der Waals surface area contributed by atoms with Crippen LogP contribution in [0.5, 0.6) is 0 Å². The third-order valence-electron chi connectivity index (χ3n) is 4.55. The van der Waals surface area contributed by atoms with Crippen molar-refractivity contribution in [3.63, 3.8) is 0 Å². The summed E-state index contributed by atoms with van der Waals surface area (Å²) in [5.74, 6) is 0.390. The summed E-state index contributed by atoms with van der Waals surface area (Å²) < 4.78 is 28.3. The number of nitrogens with zero attached hydrogens (tertiary/aromatic N) is 1. The number of hydrogen-bond acceptors (Lipinski definition) is 5. The quantitative estimate of drug-likeness (QED) is 0.846. The van der Waals surface area contributed by atoms with Crippen LogP contribution in [0, 0.1) is 5.92 Å². The highest BCUT2D eigenvalue weighted by molar-refractivity contribution is 7.96. The van der Waals surface area contributed by atoms with E-state index in [1.54, 1.807) is 36.7 Å². The summed E-state index contributed by atoms with van der Waals surface area (Å²) in [5, 5.41) is 1.74. The summed E-state index contributed by atoms with van der Waals surface area (Å²) in [5.41, 5.74) is 6.21. The molecule has 0 radical (unpaired) electrons. The molecule has 7 heteroatoms. The molecule has 138 valence electrons. The highest BCUT2D eigenvalue weighted by Crippen LogP contribution is 2.43. The molecule has 3 rings (SSSR count). The molecule has 0 saturated heterocycles. The zero-order valence-electron chi connectivity index (χ0n) is 14.5. The van der Waals surface area contributed by atoms with E-state index in [9.17, 15) is 9.00 Å². The molecule has 0 spiro atoms. The standard InChI is InChI=1S/C19H22N2O4S/c1-21-26(23,15-8-3-2-4-9-15)13-14-7-5-10-16(14)18(25-19(20)22)17-11-6-12-24-17/h2-4,6,8-9,11-13,16,18H,5,7,10H2,1H3,(H2,20,22)/b14-13+/t16-,18-,26?/m1/s1. The Bertz CT molecular complexity index is 897. The van der Waals surface area contributed by atoms with Gasteiger partial charge < -0.3 is 14.9 Å². The minimum atomic E-state index is -2.69. The zero-order valence-corrected chi connectivity index (χ0v) is 15.4. The average molecular weight is 374 g/mol. The minimum absolute atomic E-state index is 0.139. The van der Waals surface area contributed by atoms with Crippen molar-refractivity contribution in [2.75, 3.05) is 7.05 Å². The van der Waals surface area contributed by atoms with Crippen molar-refractivity contribution in [1.29, 1.82) is 0 Å². The van der Waals surface area contributed by atoms with E-state index in [-0.39, 0.29) is 5.92 Å². The van der Waals surface area contributed by atoms with E-state index >= 15 is 0 Å². The highest BCUT2D eigenvalue weighted by Gasteiger charge is 2.35. The van der Waals surface area contributed by atoms with E-state index in [0.717, 1.165) is 24.8 Å². The first kappa shape index (κ1) is 18.3. The van der Waals surface area contributed by atoms with E-state index in [1.807, 2.05) is 18.2 Å². The van der Waals surface area contributed by atoms with Crippen molar-refractivity contribution in [2.45, 2.75) is 30.3 Å². The van der Waals surface area contributed by atoms with E-state index in [2.05, 4.69) is 4.36 Å². The molecule has 6 nitrogen and oxygen atoms in total. The maximum Gasteiger partial charge on any atom is 0.405 e. The summed E-state index contributed by atoms with van der Waals surface area (Å²) in [4.78, 5) is 12.1. The molecule has 1 aromatic heterocycles. The van der Waals surface area contributed by atoms with Crippen LogP contribution >= 0.6 is 0 Å². The van der Waals surface area contributed by atoms with Crippen molar-refractivity contribution >= 4 is 15.8 Å². The van der Waals surface area contributed by atoms with Crippen LogP contribution in [0.2, 0.25) is 0 Å².